The third kappa shape index (κ3) is 1.92. The maximum Gasteiger partial charge on any atom is 0.0405 e. The summed E-state index contributed by atoms with van der Waals surface area (Å²) in [6, 6.07) is 2.29. The Morgan fingerprint density at radius 2 is 1.79 bits per heavy atom. The lowest BCUT2D eigenvalue weighted by molar-refractivity contribution is 0.910. The highest BCUT2D eigenvalue weighted by Crippen LogP contribution is 2.27. The molecule has 0 spiro atoms. The molecular formula is C13H21N. The molecule has 78 valence electrons. The van der Waals surface area contributed by atoms with Crippen molar-refractivity contribution in [2.24, 2.45) is 0 Å². The Balaban J connectivity index is 3.31. The van der Waals surface area contributed by atoms with Crippen LogP contribution in [0.3, 0.4) is 0 Å². The summed E-state index contributed by atoms with van der Waals surface area (Å²) < 4.78 is 0. The van der Waals surface area contributed by atoms with Gasteiger partial charge in [0.25, 0.3) is 0 Å². The average Bonchev–Trinajstić information content (AvgIpc) is 2.15. The van der Waals surface area contributed by atoms with Crippen molar-refractivity contribution in [2.75, 3.05) is 12.4 Å². The zero-order valence-electron chi connectivity index (χ0n) is 9.99. The van der Waals surface area contributed by atoms with E-state index in [2.05, 4.69) is 39.1 Å². The summed E-state index contributed by atoms with van der Waals surface area (Å²) >= 11 is 0. The van der Waals surface area contributed by atoms with Crippen LogP contribution in [-0.4, -0.2) is 7.05 Å². The second kappa shape index (κ2) is 4.50. The van der Waals surface area contributed by atoms with Crippen molar-refractivity contribution in [3.8, 4) is 0 Å². The average molecular weight is 191 g/mol. The monoisotopic (exact) mass is 191 g/mol. The lowest BCUT2D eigenvalue weighted by atomic mass is 9.95. The zero-order chi connectivity index (χ0) is 10.7. The summed E-state index contributed by atoms with van der Waals surface area (Å²) in [6.07, 6.45) is 2.38. The van der Waals surface area contributed by atoms with E-state index >= 15 is 0 Å². The van der Waals surface area contributed by atoms with Crippen LogP contribution in [0.5, 0.6) is 0 Å². The van der Waals surface area contributed by atoms with Crippen molar-refractivity contribution >= 4 is 5.69 Å². The maximum absolute atomic E-state index is 3.33. The first-order valence-electron chi connectivity index (χ1n) is 5.39. The van der Waals surface area contributed by atoms with Crippen LogP contribution in [-0.2, 0) is 6.42 Å². The van der Waals surface area contributed by atoms with Gasteiger partial charge in [-0.2, -0.15) is 0 Å². The van der Waals surface area contributed by atoms with Crippen molar-refractivity contribution in [2.45, 2.75) is 40.5 Å². The Bertz CT molecular complexity index is 326. The first-order chi connectivity index (χ1) is 6.61. The van der Waals surface area contributed by atoms with Crippen LogP contribution in [0.25, 0.3) is 0 Å². The van der Waals surface area contributed by atoms with Gasteiger partial charge >= 0.3 is 0 Å². The van der Waals surface area contributed by atoms with E-state index in [1.165, 1.54) is 40.8 Å². The highest BCUT2D eigenvalue weighted by atomic mass is 14.8. The van der Waals surface area contributed by atoms with E-state index in [0.717, 1.165) is 0 Å². The number of hydrogen-bond acceptors (Lipinski definition) is 1. The molecule has 0 unspecified atom stereocenters. The Labute approximate surface area is 87.5 Å². The number of anilines is 1. The molecule has 1 nitrogen and oxygen atoms in total. The Hall–Kier alpha value is -0.980. The Morgan fingerprint density at radius 1 is 1.14 bits per heavy atom. The molecule has 0 saturated heterocycles. The lowest BCUT2D eigenvalue weighted by Crippen LogP contribution is -2.02. The van der Waals surface area contributed by atoms with Gasteiger partial charge in [-0.25, -0.2) is 0 Å². The normalized spacial score (nSPS) is 10.4. The number of rotatable bonds is 3. The molecular weight excluding hydrogens is 170 g/mol. The smallest absolute Gasteiger partial charge is 0.0405 e. The fraction of sp³-hybridized carbons (Fsp3) is 0.538. The van der Waals surface area contributed by atoms with Crippen molar-refractivity contribution < 1.29 is 0 Å². The van der Waals surface area contributed by atoms with Crippen molar-refractivity contribution in [1.82, 2.24) is 0 Å². The van der Waals surface area contributed by atoms with Gasteiger partial charge in [0.15, 0.2) is 0 Å². The maximum atomic E-state index is 3.33. The summed E-state index contributed by atoms with van der Waals surface area (Å²) in [5.74, 6) is 0. The first-order valence-corrected chi connectivity index (χ1v) is 5.39. The lowest BCUT2D eigenvalue weighted by Gasteiger charge is -2.17. The van der Waals surface area contributed by atoms with E-state index in [1.807, 2.05) is 7.05 Å². The van der Waals surface area contributed by atoms with Crippen molar-refractivity contribution in [3.63, 3.8) is 0 Å². The van der Waals surface area contributed by atoms with Gasteiger partial charge in [0, 0.05) is 12.7 Å². The molecule has 1 aromatic rings. The van der Waals surface area contributed by atoms with Gasteiger partial charge in [-0.1, -0.05) is 19.4 Å². The number of benzene rings is 1. The quantitative estimate of drug-likeness (QED) is 0.769. The molecule has 1 rings (SSSR count). The molecule has 0 atom stereocenters. The molecule has 0 radical (unpaired) electrons. The second-order valence-electron chi connectivity index (χ2n) is 3.99. The van der Waals surface area contributed by atoms with E-state index in [4.69, 9.17) is 0 Å². The molecule has 0 fully saturated rings. The van der Waals surface area contributed by atoms with Gasteiger partial charge in [0.2, 0.25) is 0 Å². The highest BCUT2D eigenvalue weighted by molar-refractivity contribution is 5.62. The van der Waals surface area contributed by atoms with Crippen molar-refractivity contribution in [3.05, 3.63) is 28.3 Å². The number of hydrogen-bond donors (Lipinski definition) is 1. The topological polar surface area (TPSA) is 12.0 Å². The highest BCUT2D eigenvalue weighted by Gasteiger charge is 2.08. The van der Waals surface area contributed by atoms with Crippen LogP contribution in [0.15, 0.2) is 6.07 Å². The first kappa shape index (κ1) is 11.1. The fourth-order valence-electron chi connectivity index (χ4n) is 2.05. The van der Waals surface area contributed by atoms with Crippen LogP contribution >= 0.6 is 0 Å². The Morgan fingerprint density at radius 3 is 2.29 bits per heavy atom. The molecule has 0 amide bonds. The summed E-state index contributed by atoms with van der Waals surface area (Å²) in [6.45, 7) is 8.81. The molecule has 1 aromatic carbocycles. The third-order valence-electron chi connectivity index (χ3n) is 2.93. The molecule has 0 heterocycles. The van der Waals surface area contributed by atoms with Crippen LogP contribution in [0.4, 0.5) is 5.69 Å². The molecule has 1 heteroatoms. The third-order valence-corrected chi connectivity index (χ3v) is 2.93. The molecule has 0 aliphatic rings. The minimum Gasteiger partial charge on any atom is -0.388 e. The SMILES string of the molecule is CCCc1c(C)cc(C)c(C)c1NC. The fourth-order valence-corrected chi connectivity index (χ4v) is 2.05. The van der Waals surface area contributed by atoms with Gasteiger partial charge in [-0.05, 0) is 49.4 Å². The largest absolute Gasteiger partial charge is 0.388 e. The standard InChI is InChI=1S/C13H21N/c1-6-7-12-10(3)8-9(2)11(4)13(12)14-5/h8,14H,6-7H2,1-5H3. The minimum absolute atomic E-state index is 1.17. The molecule has 0 saturated carbocycles. The van der Waals surface area contributed by atoms with Crippen LogP contribution in [0.2, 0.25) is 0 Å². The minimum atomic E-state index is 1.17. The number of aryl methyl sites for hydroxylation is 2. The molecule has 0 aromatic heterocycles. The van der Waals surface area contributed by atoms with E-state index < -0.39 is 0 Å². The molecule has 1 N–H and O–H groups in total. The van der Waals surface area contributed by atoms with Gasteiger partial charge in [0.1, 0.15) is 0 Å². The predicted octanol–water partition coefficient (Wildman–Crippen LogP) is 3.61. The van der Waals surface area contributed by atoms with E-state index in [1.54, 1.807) is 0 Å². The van der Waals surface area contributed by atoms with Gasteiger partial charge in [-0.3, -0.25) is 0 Å². The molecule has 0 aliphatic heterocycles. The van der Waals surface area contributed by atoms with Gasteiger partial charge in [0.05, 0.1) is 0 Å². The Kier molecular flexibility index (Phi) is 3.56. The van der Waals surface area contributed by atoms with E-state index in [0.29, 0.717) is 0 Å². The molecule has 14 heavy (non-hydrogen) atoms. The predicted molar refractivity (Wildman–Crippen MR) is 64.2 cm³/mol. The van der Waals surface area contributed by atoms with Crippen LogP contribution in [0, 0.1) is 20.8 Å². The van der Waals surface area contributed by atoms with Gasteiger partial charge < -0.3 is 5.32 Å². The molecule has 0 bridgehead atoms. The second-order valence-corrected chi connectivity index (χ2v) is 3.99. The number of nitrogens with one attached hydrogen (secondary N) is 1. The summed E-state index contributed by atoms with van der Waals surface area (Å²) in [7, 11) is 2.01. The summed E-state index contributed by atoms with van der Waals surface area (Å²) in [5.41, 5.74) is 7.01. The van der Waals surface area contributed by atoms with E-state index in [9.17, 15) is 0 Å². The van der Waals surface area contributed by atoms with E-state index in [-0.39, 0.29) is 0 Å². The van der Waals surface area contributed by atoms with Crippen LogP contribution < -0.4 is 5.32 Å². The summed E-state index contributed by atoms with van der Waals surface area (Å²) in [5, 5.41) is 3.33. The zero-order valence-corrected chi connectivity index (χ0v) is 9.99. The van der Waals surface area contributed by atoms with Gasteiger partial charge in [-0.15, -0.1) is 0 Å². The van der Waals surface area contributed by atoms with Crippen LogP contribution in [0.1, 0.15) is 35.6 Å². The summed E-state index contributed by atoms with van der Waals surface area (Å²) in [4.78, 5) is 0. The molecule has 0 aliphatic carbocycles. The van der Waals surface area contributed by atoms with Crippen molar-refractivity contribution in [1.29, 1.82) is 0 Å².